The normalized spacial score (nSPS) is 18.6. The first-order valence-electron chi connectivity index (χ1n) is 4.22. The van der Waals surface area contributed by atoms with Gasteiger partial charge in [-0.25, -0.2) is 0 Å². The van der Waals surface area contributed by atoms with Crippen molar-refractivity contribution < 1.29 is 9.90 Å². The molecule has 1 aromatic rings. The van der Waals surface area contributed by atoms with Crippen molar-refractivity contribution in [2.75, 3.05) is 11.5 Å². The fourth-order valence-electron chi connectivity index (χ4n) is 1.49. The maximum Gasteiger partial charge on any atom is 0.315 e. The molecular weight excluding hydrogens is 264 g/mol. The van der Waals surface area contributed by atoms with Crippen LogP contribution in [0.2, 0.25) is 0 Å². The molecule has 74 valence electrons. The first-order chi connectivity index (χ1) is 6.65. The van der Waals surface area contributed by atoms with Gasteiger partial charge < -0.3 is 5.11 Å². The van der Waals surface area contributed by atoms with E-state index in [4.69, 9.17) is 0 Å². The summed E-state index contributed by atoms with van der Waals surface area (Å²) >= 11 is 5.02. The lowest BCUT2D eigenvalue weighted by atomic mass is 9.83. The summed E-state index contributed by atoms with van der Waals surface area (Å²) < 4.78 is 0.980. The zero-order valence-electron chi connectivity index (χ0n) is 7.37. The number of hydrogen-bond acceptors (Lipinski definition) is 2. The smallest absolute Gasteiger partial charge is 0.315 e. The number of aliphatic carboxylic acids is 1. The summed E-state index contributed by atoms with van der Waals surface area (Å²) in [5.74, 6) is 0.659. The maximum absolute atomic E-state index is 11.2. The van der Waals surface area contributed by atoms with E-state index in [1.54, 1.807) is 11.8 Å². The van der Waals surface area contributed by atoms with Crippen LogP contribution in [0, 0.1) is 0 Å². The number of rotatable bonds is 2. The van der Waals surface area contributed by atoms with Gasteiger partial charge in [0.2, 0.25) is 0 Å². The molecule has 0 radical (unpaired) electrons. The number of thioether (sulfide) groups is 1. The molecule has 0 saturated carbocycles. The van der Waals surface area contributed by atoms with Crippen molar-refractivity contribution in [2.45, 2.75) is 5.41 Å². The van der Waals surface area contributed by atoms with E-state index in [2.05, 4.69) is 15.9 Å². The van der Waals surface area contributed by atoms with Gasteiger partial charge in [0.25, 0.3) is 0 Å². The molecule has 0 amide bonds. The van der Waals surface area contributed by atoms with Crippen LogP contribution in [0.15, 0.2) is 28.7 Å². The quantitative estimate of drug-likeness (QED) is 0.899. The van der Waals surface area contributed by atoms with Crippen LogP contribution in [-0.4, -0.2) is 22.6 Å². The van der Waals surface area contributed by atoms with E-state index >= 15 is 0 Å². The summed E-state index contributed by atoms with van der Waals surface area (Å²) in [6.07, 6.45) is 0. The fraction of sp³-hybridized carbons (Fsp3) is 0.300. The van der Waals surface area contributed by atoms with E-state index in [1.807, 2.05) is 24.3 Å². The first-order valence-corrected chi connectivity index (χ1v) is 6.17. The maximum atomic E-state index is 11.2. The van der Waals surface area contributed by atoms with Crippen LogP contribution in [0.4, 0.5) is 0 Å². The highest BCUT2D eigenvalue weighted by atomic mass is 79.9. The van der Waals surface area contributed by atoms with Gasteiger partial charge in [-0.05, 0) is 17.7 Å². The molecule has 14 heavy (non-hydrogen) atoms. The van der Waals surface area contributed by atoms with E-state index in [0.717, 1.165) is 10.0 Å². The van der Waals surface area contributed by atoms with Crippen LogP contribution in [-0.2, 0) is 10.2 Å². The van der Waals surface area contributed by atoms with Crippen LogP contribution in [0.25, 0.3) is 0 Å². The van der Waals surface area contributed by atoms with Crippen LogP contribution in [0.5, 0.6) is 0 Å². The molecule has 1 heterocycles. The Morgan fingerprint density at radius 2 is 1.93 bits per heavy atom. The van der Waals surface area contributed by atoms with E-state index < -0.39 is 11.4 Å². The minimum absolute atomic E-state index is 0.634. The third kappa shape index (κ3) is 1.46. The number of carboxylic acids is 1. The van der Waals surface area contributed by atoms with Crippen LogP contribution < -0.4 is 0 Å². The van der Waals surface area contributed by atoms with Crippen molar-refractivity contribution in [3.8, 4) is 0 Å². The second-order valence-corrected chi connectivity index (χ2v) is 5.29. The van der Waals surface area contributed by atoms with Gasteiger partial charge in [-0.3, -0.25) is 4.79 Å². The highest BCUT2D eigenvalue weighted by molar-refractivity contribution is 9.10. The second kappa shape index (κ2) is 3.59. The molecule has 0 aromatic heterocycles. The van der Waals surface area contributed by atoms with Gasteiger partial charge in [0.1, 0.15) is 5.41 Å². The van der Waals surface area contributed by atoms with Crippen molar-refractivity contribution in [3.63, 3.8) is 0 Å². The van der Waals surface area contributed by atoms with Gasteiger partial charge in [-0.1, -0.05) is 28.1 Å². The molecule has 1 aliphatic heterocycles. The lowest BCUT2D eigenvalue weighted by Crippen LogP contribution is -2.47. The molecule has 2 nitrogen and oxygen atoms in total. The van der Waals surface area contributed by atoms with E-state index in [0.29, 0.717) is 11.5 Å². The molecule has 1 N–H and O–H groups in total. The average molecular weight is 273 g/mol. The topological polar surface area (TPSA) is 37.3 Å². The lowest BCUT2D eigenvalue weighted by Gasteiger charge is -2.37. The number of benzene rings is 1. The Balaban J connectivity index is 2.37. The van der Waals surface area contributed by atoms with Gasteiger partial charge in [0.05, 0.1) is 0 Å². The summed E-state index contributed by atoms with van der Waals surface area (Å²) in [4.78, 5) is 11.2. The monoisotopic (exact) mass is 272 g/mol. The SMILES string of the molecule is O=C(O)C1(c2ccc(Br)cc2)CSC1. The van der Waals surface area contributed by atoms with Crippen LogP contribution >= 0.6 is 27.7 Å². The third-order valence-electron chi connectivity index (χ3n) is 2.50. The molecule has 1 aromatic carbocycles. The van der Waals surface area contributed by atoms with Gasteiger partial charge >= 0.3 is 5.97 Å². The Kier molecular flexibility index (Phi) is 2.58. The van der Waals surface area contributed by atoms with Crippen molar-refractivity contribution in [2.24, 2.45) is 0 Å². The summed E-state index contributed by atoms with van der Waals surface area (Å²) in [5.41, 5.74) is 0.276. The van der Waals surface area contributed by atoms with Gasteiger partial charge in [-0.15, -0.1) is 0 Å². The molecule has 0 bridgehead atoms. The predicted molar refractivity (Wildman–Crippen MR) is 60.8 cm³/mol. The lowest BCUT2D eigenvalue weighted by molar-refractivity contribution is -0.142. The molecule has 4 heteroatoms. The van der Waals surface area contributed by atoms with Crippen molar-refractivity contribution in [1.82, 2.24) is 0 Å². The zero-order valence-corrected chi connectivity index (χ0v) is 9.77. The summed E-state index contributed by atoms with van der Waals surface area (Å²) in [6.45, 7) is 0. The zero-order chi connectivity index (χ0) is 10.2. The minimum atomic E-state index is -0.710. The molecule has 2 rings (SSSR count). The Morgan fingerprint density at radius 3 is 2.29 bits per heavy atom. The Labute approximate surface area is 94.8 Å². The third-order valence-corrected chi connectivity index (χ3v) is 4.43. The summed E-state index contributed by atoms with van der Waals surface area (Å²) in [5, 5.41) is 9.18. The van der Waals surface area contributed by atoms with Crippen molar-refractivity contribution in [3.05, 3.63) is 34.3 Å². The molecule has 1 fully saturated rings. The van der Waals surface area contributed by atoms with E-state index in [1.165, 1.54) is 0 Å². The van der Waals surface area contributed by atoms with Crippen LogP contribution in [0.3, 0.4) is 0 Å². The first kappa shape index (κ1) is 10.1. The Morgan fingerprint density at radius 1 is 1.36 bits per heavy atom. The average Bonchev–Trinajstić information content (AvgIpc) is 2.05. The van der Waals surface area contributed by atoms with Gasteiger partial charge in [0, 0.05) is 16.0 Å². The van der Waals surface area contributed by atoms with E-state index in [9.17, 15) is 9.90 Å². The molecule has 1 aliphatic rings. The Bertz CT molecular complexity index is 357. The Hall–Kier alpha value is -0.480. The second-order valence-electron chi connectivity index (χ2n) is 3.39. The van der Waals surface area contributed by atoms with Crippen molar-refractivity contribution in [1.29, 1.82) is 0 Å². The molecule has 0 aliphatic carbocycles. The standard InChI is InChI=1S/C10H9BrO2S/c11-8-3-1-7(2-4-8)10(9(12)13)5-14-6-10/h1-4H,5-6H2,(H,12,13). The van der Waals surface area contributed by atoms with Crippen molar-refractivity contribution >= 4 is 33.7 Å². The molecule has 0 spiro atoms. The summed E-state index contributed by atoms with van der Waals surface area (Å²) in [7, 11) is 0. The number of hydrogen-bond donors (Lipinski definition) is 1. The fourth-order valence-corrected chi connectivity index (χ4v) is 2.95. The van der Waals surface area contributed by atoms with Gasteiger partial charge in [0.15, 0.2) is 0 Å². The highest BCUT2D eigenvalue weighted by Crippen LogP contribution is 2.41. The predicted octanol–water partition coefficient (Wildman–Crippen LogP) is 2.52. The summed E-state index contributed by atoms with van der Waals surface area (Å²) in [6, 6.07) is 7.56. The number of carboxylic acid groups (broad SMARTS) is 1. The molecular formula is C10H9BrO2S. The van der Waals surface area contributed by atoms with E-state index in [-0.39, 0.29) is 0 Å². The molecule has 0 unspecified atom stereocenters. The largest absolute Gasteiger partial charge is 0.481 e. The van der Waals surface area contributed by atoms with Gasteiger partial charge in [-0.2, -0.15) is 11.8 Å². The highest BCUT2D eigenvalue weighted by Gasteiger charge is 2.46. The number of carbonyl (C=O) groups is 1. The number of halogens is 1. The minimum Gasteiger partial charge on any atom is -0.481 e. The van der Waals surface area contributed by atoms with Crippen LogP contribution in [0.1, 0.15) is 5.56 Å². The molecule has 1 saturated heterocycles. The molecule has 0 atom stereocenters.